The molecule has 0 N–H and O–H groups in total. The molecule has 31 heavy (non-hydrogen) atoms. The highest BCUT2D eigenvalue weighted by atomic mass is 79.9. The van der Waals surface area contributed by atoms with Gasteiger partial charge in [-0.05, 0) is 56.9 Å². The summed E-state index contributed by atoms with van der Waals surface area (Å²) in [6.07, 6.45) is 5.18. The standard InChI is InChI=1S/C26H36BrN3O/c1-8-20(4)30(16-18(2)15-24-21(5)28-14-13-25(24)27)17-19(3)22-9-11-23(12-10-22)26(31)29(6)7/h9-15,19-20H,8,16-17H2,1-7H3/b18-15+. The summed E-state index contributed by atoms with van der Waals surface area (Å²) in [6.45, 7) is 12.9. The van der Waals surface area contributed by atoms with E-state index in [0.717, 1.165) is 40.8 Å². The number of pyridine rings is 1. The van der Waals surface area contributed by atoms with Gasteiger partial charge in [0.1, 0.15) is 0 Å². The van der Waals surface area contributed by atoms with E-state index in [2.05, 4.69) is 71.7 Å². The number of rotatable bonds is 9. The number of hydrogen-bond donors (Lipinski definition) is 0. The lowest BCUT2D eigenvalue weighted by atomic mass is 9.97. The quantitative estimate of drug-likeness (QED) is 0.426. The zero-order valence-electron chi connectivity index (χ0n) is 19.9. The van der Waals surface area contributed by atoms with Crippen molar-refractivity contribution in [1.29, 1.82) is 0 Å². The predicted molar refractivity (Wildman–Crippen MR) is 135 cm³/mol. The van der Waals surface area contributed by atoms with E-state index in [0.29, 0.717) is 12.0 Å². The number of aromatic nitrogens is 1. The molecule has 4 nitrogen and oxygen atoms in total. The van der Waals surface area contributed by atoms with Gasteiger partial charge in [-0.1, -0.05) is 53.6 Å². The first-order valence-electron chi connectivity index (χ1n) is 11.0. The van der Waals surface area contributed by atoms with E-state index in [-0.39, 0.29) is 5.91 Å². The molecule has 0 saturated carbocycles. The summed E-state index contributed by atoms with van der Waals surface area (Å²) >= 11 is 3.65. The van der Waals surface area contributed by atoms with E-state index in [9.17, 15) is 4.79 Å². The second kappa shape index (κ2) is 11.6. The van der Waals surface area contributed by atoms with Crippen LogP contribution in [0.3, 0.4) is 0 Å². The molecule has 5 heteroatoms. The van der Waals surface area contributed by atoms with Crippen molar-refractivity contribution in [1.82, 2.24) is 14.8 Å². The summed E-state index contributed by atoms with van der Waals surface area (Å²) in [6, 6.07) is 10.5. The second-order valence-corrected chi connectivity index (χ2v) is 9.55. The van der Waals surface area contributed by atoms with Crippen molar-refractivity contribution in [3.8, 4) is 0 Å². The molecule has 0 radical (unpaired) electrons. The van der Waals surface area contributed by atoms with Crippen molar-refractivity contribution >= 4 is 27.9 Å². The minimum atomic E-state index is 0.0399. The summed E-state index contributed by atoms with van der Waals surface area (Å²) in [4.78, 5) is 20.7. The molecule has 168 valence electrons. The van der Waals surface area contributed by atoms with E-state index in [1.807, 2.05) is 31.3 Å². The Morgan fingerprint density at radius 2 is 1.81 bits per heavy atom. The van der Waals surface area contributed by atoms with Crippen molar-refractivity contribution in [2.75, 3.05) is 27.2 Å². The Bertz CT molecular complexity index is 885. The van der Waals surface area contributed by atoms with Crippen molar-refractivity contribution < 1.29 is 4.79 Å². The van der Waals surface area contributed by atoms with Crippen LogP contribution in [0.15, 0.2) is 46.6 Å². The van der Waals surface area contributed by atoms with E-state index in [1.165, 1.54) is 11.1 Å². The molecule has 1 amide bonds. The van der Waals surface area contributed by atoms with Gasteiger partial charge in [0, 0.05) is 60.7 Å². The first kappa shape index (κ1) is 25.3. The van der Waals surface area contributed by atoms with E-state index in [4.69, 9.17) is 0 Å². The van der Waals surface area contributed by atoms with Crippen LogP contribution in [-0.2, 0) is 0 Å². The topological polar surface area (TPSA) is 36.4 Å². The molecule has 1 aromatic heterocycles. The maximum absolute atomic E-state index is 12.2. The number of nitrogens with zero attached hydrogens (tertiary/aromatic N) is 3. The lowest BCUT2D eigenvalue weighted by Gasteiger charge is -2.31. The number of amides is 1. The van der Waals surface area contributed by atoms with Gasteiger partial charge >= 0.3 is 0 Å². The van der Waals surface area contributed by atoms with Crippen molar-refractivity contribution in [3.05, 3.63) is 69.0 Å². The summed E-state index contributed by atoms with van der Waals surface area (Å²) in [7, 11) is 3.56. The number of hydrogen-bond acceptors (Lipinski definition) is 3. The third-order valence-corrected chi connectivity index (χ3v) is 6.53. The zero-order valence-corrected chi connectivity index (χ0v) is 21.5. The van der Waals surface area contributed by atoms with Gasteiger partial charge in [-0.15, -0.1) is 0 Å². The van der Waals surface area contributed by atoms with Crippen LogP contribution in [-0.4, -0.2) is 53.9 Å². The predicted octanol–water partition coefficient (Wildman–Crippen LogP) is 6.16. The molecule has 0 aliphatic heterocycles. The van der Waals surface area contributed by atoms with Crippen LogP contribution in [0.1, 0.15) is 67.2 Å². The number of halogens is 1. The summed E-state index contributed by atoms with van der Waals surface area (Å²) in [5, 5.41) is 0. The fourth-order valence-electron chi connectivity index (χ4n) is 3.66. The summed E-state index contributed by atoms with van der Waals surface area (Å²) in [5.74, 6) is 0.412. The molecular formula is C26H36BrN3O. The van der Waals surface area contributed by atoms with Gasteiger partial charge in [0.15, 0.2) is 0 Å². The van der Waals surface area contributed by atoms with Crippen LogP contribution in [0, 0.1) is 6.92 Å². The van der Waals surface area contributed by atoms with E-state index >= 15 is 0 Å². The second-order valence-electron chi connectivity index (χ2n) is 8.69. The Balaban J connectivity index is 2.15. The first-order valence-corrected chi connectivity index (χ1v) is 11.8. The monoisotopic (exact) mass is 485 g/mol. The van der Waals surface area contributed by atoms with Gasteiger partial charge in [0.2, 0.25) is 0 Å². The molecule has 1 heterocycles. The molecule has 0 aliphatic rings. The van der Waals surface area contributed by atoms with Crippen LogP contribution in [0.25, 0.3) is 6.08 Å². The maximum atomic E-state index is 12.2. The van der Waals surface area contributed by atoms with Crippen molar-refractivity contribution in [2.45, 2.75) is 53.0 Å². The Kier molecular flexibility index (Phi) is 9.45. The number of aryl methyl sites for hydroxylation is 1. The Morgan fingerprint density at radius 3 is 2.35 bits per heavy atom. The third kappa shape index (κ3) is 7.01. The number of benzene rings is 1. The lowest BCUT2D eigenvalue weighted by molar-refractivity contribution is 0.0827. The largest absolute Gasteiger partial charge is 0.345 e. The highest BCUT2D eigenvalue weighted by Crippen LogP contribution is 2.24. The summed E-state index contributed by atoms with van der Waals surface area (Å²) < 4.78 is 1.08. The van der Waals surface area contributed by atoms with Crippen molar-refractivity contribution in [3.63, 3.8) is 0 Å². The van der Waals surface area contributed by atoms with Crippen LogP contribution in [0.2, 0.25) is 0 Å². The molecule has 0 bridgehead atoms. The van der Waals surface area contributed by atoms with Crippen LogP contribution < -0.4 is 0 Å². The van der Waals surface area contributed by atoms with Gasteiger partial charge in [0.25, 0.3) is 5.91 Å². The molecule has 0 aliphatic carbocycles. The highest BCUT2D eigenvalue weighted by Gasteiger charge is 2.18. The van der Waals surface area contributed by atoms with Gasteiger partial charge in [-0.25, -0.2) is 0 Å². The zero-order chi connectivity index (χ0) is 23.1. The Hall–Kier alpha value is -1.98. The Labute approximate surface area is 196 Å². The summed E-state index contributed by atoms with van der Waals surface area (Å²) in [5.41, 5.74) is 5.49. The number of carbonyl (C=O) groups is 1. The van der Waals surface area contributed by atoms with Gasteiger partial charge in [0.05, 0.1) is 0 Å². The maximum Gasteiger partial charge on any atom is 0.253 e. The van der Waals surface area contributed by atoms with Gasteiger partial charge in [-0.3, -0.25) is 14.7 Å². The van der Waals surface area contributed by atoms with Gasteiger partial charge < -0.3 is 4.90 Å². The molecular weight excluding hydrogens is 450 g/mol. The van der Waals surface area contributed by atoms with Crippen molar-refractivity contribution in [2.24, 2.45) is 0 Å². The smallest absolute Gasteiger partial charge is 0.253 e. The minimum Gasteiger partial charge on any atom is -0.345 e. The Morgan fingerprint density at radius 1 is 1.16 bits per heavy atom. The molecule has 2 unspecified atom stereocenters. The normalized spacial score (nSPS) is 13.9. The van der Waals surface area contributed by atoms with Gasteiger partial charge in [-0.2, -0.15) is 0 Å². The first-order chi connectivity index (χ1) is 14.6. The molecule has 0 fully saturated rings. The highest BCUT2D eigenvalue weighted by molar-refractivity contribution is 9.10. The van der Waals surface area contributed by atoms with E-state index < -0.39 is 0 Å². The molecule has 1 aromatic carbocycles. The lowest BCUT2D eigenvalue weighted by Crippen LogP contribution is -2.36. The van der Waals surface area contributed by atoms with Crippen LogP contribution in [0.5, 0.6) is 0 Å². The molecule has 2 aromatic rings. The molecule has 2 atom stereocenters. The molecule has 2 rings (SSSR count). The number of carbonyl (C=O) groups excluding carboxylic acids is 1. The fourth-order valence-corrected chi connectivity index (χ4v) is 4.18. The van der Waals surface area contributed by atoms with Crippen LogP contribution >= 0.6 is 15.9 Å². The van der Waals surface area contributed by atoms with E-state index in [1.54, 1.807) is 19.0 Å². The SMILES string of the molecule is CCC(C)N(C/C(C)=C/c1c(Br)ccnc1C)CC(C)c1ccc(C(=O)N(C)C)cc1. The molecule has 0 saturated heterocycles. The average Bonchev–Trinajstić information content (AvgIpc) is 2.74. The third-order valence-electron chi connectivity index (χ3n) is 5.83. The fraction of sp³-hybridized carbons (Fsp3) is 0.462. The average molecular weight is 486 g/mol. The van der Waals surface area contributed by atoms with Crippen LogP contribution in [0.4, 0.5) is 0 Å². The minimum absolute atomic E-state index is 0.0399. The molecule has 0 spiro atoms.